The molecule has 0 spiro atoms. The topological polar surface area (TPSA) is 48.1 Å². The SMILES string of the molecule is CC(COc1cnc(Br)cc1C(F)F)CC(C)(C)N. The second-order valence-corrected chi connectivity index (χ2v) is 6.27. The Bertz CT molecular complexity index is 422. The number of hydrogen-bond acceptors (Lipinski definition) is 3. The summed E-state index contributed by atoms with van der Waals surface area (Å²) in [5.41, 5.74) is 5.46. The zero-order valence-electron chi connectivity index (χ0n) is 11.3. The predicted octanol–water partition coefficient (Wildman–Crippen LogP) is 3.92. The Hall–Kier alpha value is -0.750. The van der Waals surface area contributed by atoms with Crippen LogP contribution in [0.1, 0.15) is 39.2 Å². The Labute approximate surface area is 120 Å². The first-order chi connectivity index (χ1) is 8.69. The van der Waals surface area contributed by atoms with Crippen LogP contribution in [0.3, 0.4) is 0 Å². The molecule has 0 amide bonds. The van der Waals surface area contributed by atoms with Crippen LogP contribution in [0.5, 0.6) is 5.75 Å². The minimum absolute atomic E-state index is 0.125. The van der Waals surface area contributed by atoms with Gasteiger partial charge in [-0.3, -0.25) is 0 Å². The van der Waals surface area contributed by atoms with Gasteiger partial charge in [0.25, 0.3) is 6.43 Å². The van der Waals surface area contributed by atoms with Crippen LogP contribution < -0.4 is 10.5 Å². The summed E-state index contributed by atoms with van der Waals surface area (Å²) < 4.78 is 31.5. The molecule has 1 aromatic heterocycles. The smallest absolute Gasteiger partial charge is 0.267 e. The number of rotatable bonds is 6. The molecule has 1 aromatic rings. The Kier molecular flexibility index (Phi) is 5.67. The van der Waals surface area contributed by atoms with E-state index in [9.17, 15) is 8.78 Å². The third kappa shape index (κ3) is 5.82. The first-order valence-corrected chi connectivity index (χ1v) is 6.83. The molecule has 2 N–H and O–H groups in total. The van der Waals surface area contributed by atoms with Crippen molar-refractivity contribution in [3.05, 3.63) is 22.4 Å². The molecule has 0 radical (unpaired) electrons. The predicted molar refractivity (Wildman–Crippen MR) is 74.4 cm³/mol. The normalized spacial score (nSPS) is 13.7. The first-order valence-electron chi connectivity index (χ1n) is 6.04. The van der Waals surface area contributed by atoms with Gasteiger partial charge in [0.1, 0.15) is 10.4 Å². The molecular formula is C13H19BrF2N2O. The molecule has 0 aliphatic heterocycles. The summed E-state index contributed by atoms with van der Waals surface area (Å²) in [5.74, 6) is 0.300. The van der Waals surface area contributed by atoms with Gasteiger partial charge in [0.2, 0.25) is 0 Å². The highest BCUT2D eigenvalue weighted by molar-refractivity contribution is 9.10. The van der Waals surface area contributed by atoms with Crippen molar-refractivity contribution in [2.45, 2.75) is 39.2 Å². The Balaban J connectivity index is 2.67. The van der Waals surface area contributed by atoms with Crippen molar-refractivity contribution in [1.82, 2.24) is 4.98 Å². The monoisotopic (exact) mass is 336 g/mol. The number of aromatic nitrogens is 1. The maximum absolute atomic E-state index is 12.9. The van der Waals surface area contributed by atoms with E-state index in [1.165, 1.54) is 12.3 Å². The van der Waals surface area contributed by atoms with Gasteiger partial charge in [-0.15, -0.1) is 0 Å². The van der Waals surface area contributed by atoms with E-state index in [0.717, 1.165) is 6.42 Å². The van der Waals surface area contributed by atoms with Crippen molar-refractivity contribution in [1.29, 1.82) is 0 Å². The molecule has 1 atom stereocenters. The van der Waals surface area contributed by atoms with Crippen LogP contribution in [0.2, 0.25) is 0 Å². The summed E-state index contributed by atoms with van der Waals surface area (Å²) in [6, 6.07) is 1.28. The second-order valence-electron chi connectivity index (χ2n) is 5.45. The Morgan fingerprint density at radius 2 is 2.11 bits per heavy atom. The van der Waals surface area contributed by atoms with E-state index in [0.29, 0.717) is 11.2 Å². The molecule has 1 heterocycles. The maximum Gasteiger partial charge on any atom is 0.267 e. The molecule has 3 nitrogen and oxygen atoms in total. The van der Waals surface area contributed by atoms with Gasteiger partial charge in [-0.2, -0.15) is 0 Å². The molecule has 1 rings (SSSR count). The van der Waals surface area contributed by atoms with Crippen LogP contribution in [-0.2, 0) is 0 Å². The molecule has 0 saturated carbocycles. The third-order valence-corrected chi connectivity index (χ3v) is 2.93. The largest absolute Gasteiger partial charge is 0.491 e. The van der Waals surface area contributed by atoms with E-state index in [-0.39, 0.29) is 22.8 Å². The van der Waals surface area contributed by atoms with Crippen LogP contribution in [0.15, 0.2) is 16.9 Å². The van der Waals surface area contributed by atoms with Gasteiger partial charge in [0.05, 0.1) is 18.4 Å². The molecule has 1 unspecified atom stereocenters. The summed E-state index contributed by atoms with van der Waals surface area (Å²) in [4.78, 5) is 3.91. The highest BCUT2D eigenvalue weighted by Crippen LogP contribution is 2.30. The number of hydrogen-bond donors (Lipinski definition) is 1. The van der Waals surface area contributed by atoms with Crippen molar-refractivity contribution < 1.29 is 13.5 Å². The zero-order chi connectivity index (χ0) is 14.6. The molecule has 6 heteroatoms. The summed E-state index contributed by atoms with van der Waals surface area (Å²) in [6.07, 6.45) is -0.525. The van der Waals surface area contributed by atoms with Crippen molar-refractivity contribution in [3.63, 3.8) is 0 Å². The lowest BCUT2D eigenvalue weighted by molar-refractivity contribution is 0.141. The highest BCUT2D eigenvalue weighted by atomic mass is 79.9. The average molecular weight is 337 g/mol. The van der Waals surface area contributed by atoms with E-state index in [1.807, 2.05) is 20.8 Å². The molecule has 0 saturated heterocycles. The molecule has 0 fully saturated rings. The van der Waals surface area contributed by atoms with E-state index in [1.54, 1.807) is 0 Å². The molecule has 19 heavy (non-hydrogen) atoms. The molecular weight excluding hydrogens is 318 g/mol. The fourth-order valence-electron chi connectivity index (χ4n) is 1.91. The molecule has 0 aliphatic rings. The molecule has 108 valence electrons. The highest BCUT2D eigenvalue weighted by Gasteiger charge is 2.19. The minimum Gasteiger partial charge on any atom is -0.491 e. The van der Waals surface area contributed by atoms with Gasteiger partial charge in [-0.25, -0.2) is 13.8 Å². The van der Waals surface area contributed by atoms with E-state index in [4.69, 9.17) is 10.5 Å². The number of nitrogens with two attached hydrogens (primary N) is 1. The van der Waals surface area contributed by atoms with Crippen LogP contribution >= 0.6 is 15.9 Å². The van der Waals surface area contributed by atoms with Gasteiger partial charge in [0, 0.05) is 5.54 Å². The lowest BCUT2D eigenvalue weighted by Gasteiger charge is -2.23. The fourth-order valence-corrected chi connectivity index (χ4v) is 2.26. The summed E-state index contributed by atoms with van der Waals surface area (Å²) in [6.45, 7) is 6.16. The number of alkyl halides is 2. The van der Waals surface area contributed by atoms with E-state index in [2.05, 4.69) is 20.9 Å². The molecule has 0 aliphatic carbocycles. The zero-order valence-corrected chi connectivity index (χ0v) is 12.9. The summed E-state index contributed by atoms with van der Waals surface area (Å²) in [7, 11) is 0. The van der Waals surface area contributed by atoms with E-state index < -0.39 is 6.43 Å². The number of pyridine rings is 1. The quantitative estimate of drug-likeness (QED) is 0.801. The van der Waals surface area contributed by atoms with E-state index >= 15 is 0 Å². The van der Waals surface area contributed by atoms with Crippen LogP contribution in [0.4, 0.5) is 8.78 Å². The minimum atomic E-state index is -2.59. The van der Waals surface area contributed by atoms with Gasteiger partial charge >= 0.3 is 0 Å². The summed E-state index contributed by atoms with van der Waals surface area (Å²) in [5, 5.41) is 0. The summed E-state index contributed by atoms with van der Waals surface area (Å²) >= 11 is 3.07. The van der Waals surface area contributed by atoms with Crippen LogP contribution in [0.25, 0.3) is 0 Å². The van der Waals surface area contributed by atoms with Crippen molar-refractivity contribution in [2.75, 3.05) is 6.61 Å². The lowest BCUT2D eigenvalue weighted by Crippen LogP contribution is -2.35. The molecule has 0 aromatic carbocycles. The number of halogens is 3. The first kappa shape index (κ1) is 16.3. The van der Waals surface area contributed by atoms with Crippen molar-refractivity contribution in [2.24, 2.45) is 11.7 Å². The number of nitrogens with zero attached hydrogens (tertiary/aromatic N) is 1. The second kappa shape index (κ2) is 6.61. The van der Waals surface area contributed by atoms with Gasteiger partial charge < -0.3 is 10.5 Å². The van der Waals surface area contributed by atoms with Crippen molar-refractivity contribution in [3.8, 4) is 5.75 Å². The van der Waals surface area contributed by atoms with Gasteiger partial charge in [-0.05, 0) is 48.2 Å². The third-order valence-electron chi connectivity index (χ3n) is 2.50. The van der Waals surface area contributed by atoms with Crippen LogP contribution in [-0.4, -0.2) is 17.1 Å². The molecule has 0 bridgehead atoms. The Morgan fingerprint density at radius 3 is 2.63 bits per heavy atom. The Morgan fingerprint density at radius 1 is 1.47 bits per heavy atom. The van der Waals surface area contributed by atoms with Gasteiger partial charge in [-0.1, -0.05) is 6.92 Å². The van der Waals surface area contributed by atoms with Crippen LogP contribution in [0, 0.1) is 5.92 Å². The number of ether oxygens (including phenoxy) is 1. The average Bonchev–Trinajstić information content (AvgIpc) is 2.24. The van der Waals surface area contributed by atoms with Crippen molar-refractivity contribution >= 4 is 15.9 Å². The van der Waals surface area contributed by atoms with Gasteiger partial charge in [0.15, 0.2) is 0 Å². The standard InChI is InChI=1S/C13H19BrF2N2O/c1-8(5-13(2,3)17)7-19-10-6-18-11(14)4-9(10)12(15)16/h4,6,8,12H,5,7,17H2,1-3H3. The lowest BCUT2D eigenvalue weighted by atomic mass is 9.93. The maximum atomic E-state index is 12.9. The fraction of sp³-hybridized carbons (Fsp3) is 0.615.